The Labute approximate surface area is 146 Å². The number of halogens is 2. The van der Waals surface area contributed by atoms with Gasteiger partial charge < -0.3 is 10.1 Å². The maximum atomic E-state index is 14.1. The number of nitrogens with zero attached hydrogens (tertiary/aromatic N) is 1. The molecule has 1 unspecified atom stereocenters. The highest BCUT2D eigenvalue weighted by atomic mass is 35.5. The zero-order chi connectivity index (χ0) is 18.7. The lowest BCUT2D eigenvalue weighted by molar-refractivity contribution is -0.162. The van der Waals surface area contributed by atoms with Gasteiger partial charge in [-0.3, -0.25) is 14.6 Å². The predicted molar refractivity (Wildman–Crippen MR) is 90.0 cm³/mol. The monoisotopic (exact) mass is 358 g/mol. The quantitative estimate of drug-likeness (QED) is 0.645. The van der Waals surface area contributed by atoms with E-state index in [1.54, 1.807) is 41.5 Å². The number of carbonyl (C=O) groups excluding carboxylic acids is 2. The van der Waals surface area contributed by atoms with E-state index in [2.05, 4.69) is 10.3 Å². The van der Waals surface area contributed by atoms with Crippen LogP contribution >= 0.6 is 11.6 Å². The van der Waals surface area contributed by atoms with E-state index in [-0.39, 0.29) is 17.1 Å². The number of hydrogen-bond acceptors (Lipinski definition) is 4. The first kappa shape index (κ1) is 20.4. The zero-order valence-corrected chi connectivity index (χ0v) is 15.6. The van der Waals surface area contributed by atoms with Crippen molar-refractivity contribution in [1.82, 2.24) is 10.3 Å². The summed E-state index contributed by atoms with van der Waals surface area (Å²) in [6.45, 7) is 10.1. The topological polar surface area (TPSA) is 68.3 Å². The Hall–Kier alpha value is -1.69. The number of aromatic nitrogens is 1. The SMILES string of the molecule is CCC(C(=O)NC(C)(C)c1ncc(Cl)cc1F)C(=O)OC(C)(C)C. The van der Waals surface area contributed by atoms with E-state index in [0.29, 0.717) is 0 Å². The van der Waals surface area contributed by atoms with Gasteiger partial charge in [0.25, 0.3) is 0 Å². The third-order valence-corrected chi connectivity index (χ3v) is 3.46. The fraction of sp³-hybridized carbons (Fsp3) is 0.588. The van der Waals surface area contributed by atoms with Crippen LogP contribution in [-0.2, 0) is 19.9 Å². The van der Waals surface area contributed by atoms with Gasteiger partial charge >= 0.3 is 5.97 Å². The maximum Gasteiger partial charge on any atom is 0.318 e. The summed E-state index contributed by atoms with van der Waals surface area (Å²) in [4.78, 5) is 28.6. The van der Waals surface area contributed by atoms with Crippen molar-refractivity contribution >= 4 is 23.5 Å². The lowest BCUT2D eigenvalue weighted by atomic mass is 9.96. The van der Waals surface area contributed by atoms with Crippen LogP contribution in [0.15, 0.2) is 12.3 Å². The Morgan fingerprint density at radius 3 is 2.38 bits per heavy atom. The van der Waals surface area contributed by atoms with Gasteiger partial charge in [-0.25, -0.2) is 4.39 Å². The fourth-order valence-electron chi connectivity index (χ4n) is 2.16. The van der Waals surface area contributed by atoms with Crippen molar-refractivity contribution in [2.75, 3.05) is 0 Å². The molecule has 0 saturated heterocycles. The van der Waals surface area contributed by atoms with Gasteiger partial charge in [-0.15, -0.1) is 0 Å². The van der Waals surface area contributed by atoms with Gasteiger partial charge in [-0.2, -0.15) is 0 Å². The normalized spacial score (nSPS) is 13.3. The summed E-state index contributed by atoms with van der Waals surface area (Å²) < 4.78 is 19.3. The number of amides is 1. The molecule has 0 aliphatic rings. The number of esters is 1. The molecule has 7 heteroatoms. The molecule has 24 heavy (non-hydrogen) atoms. The van der Waals surface area contributed by atoms with Gasteiger partial charge in [-0.05, 0) is 47.1 Å². The molecule has 1 rings (SSSR count). The van der Waals surface area contributed by atoms with E-state index in [4.69, 9.17) is 16.3 Å². The van der Waals surface area contributed by atoms with E-state index in [0.717, 1.165) is 6.07 Å². The molecule has 1 aromatic heterocycles. The number of pyridine rings is 1. The van der Waals surface area contributed by atoms with Crippen molar-refractivity contribution in [3.05, 3.63) is 28.8 Å². The molecule has 0 aromatic carbocycles. The standard InChI is InChI=1S/C17H24ClFN2O3/c1-7-11(15(23)24-16(2,3)4)14(22)21-17(5,6)13-12(19)8-10(18)9-20-13/h8-9,11H,7H2,1-6H3,(H,21,22). The molecule has 0 aliphatic heterocycles. The highest BCUT2D eigenvalue weighted by Gasteiger charge is 2.35. The molecule has 1 heterocycles. The van der Waals surface area contributed by atoms with Crippen molar-refractivity contribution in [3.8, 4) is 0 Å². The van der Waals surface area contributed by atoms with E-state index in [1.165, 1.54) is 6.20 Å². The lowest BCUT2D eigenvalue weighted by Gasteiger charge is -2.29. The van der Waals surface area contributed by atoms with Crippen molar-refractivity contribution in [2.45, 2.75) is 59.1 Å². The number of nitrogens with one attached hydrogen (secondary N) is 1. The fourth-order valence-corrected chi connectivity index (χ4v) is 2.31. The smallest absolute Gasteiger partial charge is 0.318 e. The second-order valence-electron chi connectivity index (χ2n) is 7.09. The highest BCUT2D eigenvalue weighted by Crippen LogP contribution is 2.24. The van der Waals surface area contributed by atoms with Crippen molar-refractivity contribution in [2.24, 2.45) is 5.92 Å². The molecular weight excluding hydrogens is 335 g/mol. The van der Waals surface area contributed by atoms with E-state index in [9.17, 15) is 14.0 Å². The molecular formula is C17H24ClFN2O3. The average Bonchev–Trinajstić information content (AvgIpc) is 2.35. The summed E-state index contributed by atoms with van der Waals surface area (Å²) >= 11 is 5.70. The minimum absolute atomic E-state index is 0.0410. The highest BCUT2D eigenvalue weighted by molar-refractivity contribution is 6.30. The number of ether oxygens (including phenoxy) is 1. The Kier molecular flexibility index (Phi) is 6.33. The van der Waals surface area contributed by atoms with Crippen LogP contribution in [0.2, 0.25) is 5.02 Å². The zero-order valence-electron chi connectivity index (χ0n) is 14.9. The molecule has 1 N–H and O–H groups in total. The molecule has 5 nitrogen and oxygen atoms in total. The van der Waals surface area contributed by atoms with E-state index in [1.807, 2.05) is 0 Å². The van der Waals surface area contributed by atoms with Gasteiger partial charge in [-0.1, -0.05) is 18.5 Å². The van der Waals surface area contributed by atoms with Crippen LogP contribution in [-0.4, -0.2) is 22.5 Å². The van der Waals surface area contributed by atoms with Crippen molar-refractivity contribution < 1.29 is 18.7 Å². The van der Waals surface area contributed by atoms with Gasteiger partial charge in [0.05, 0.1) is 10.6 Å². The third kappa shape index (κ3) is 5.44. The molecule has 0 spiro atoms. The molecule has 1 amide bonds. The van der Waals surface area contributed by atoms with E-state index >= 15 is 0 Å². The minimum Gasteiger partial charge on any atom is -0.459 e. The lowest BCUT2D eigenvalue weighted by Crippen LogP contribution is -2.47. The average molecular weight is 359 g/mol. The van der Waals surface area contributed by atoms with Crippen molar-refractivity contribution in [1.29, 1.82) is 0 Å². The van der Waals surface area contributed by atoms with Crippen LogP contribution in [0.3, 0.4) is 0 Å². The summed E-state index contributed by atoms with van der Waals surface area (Å²) in [5.74, 6) is -2.74. The minimum atomic E-state index is -1.11. The molecule has 1 atom stereocenters. The Morgan fingerprint density at radius 2 is 1.92 bits per heavy atom. The second kappa shape index (κ2) is 7.47. The van der Waals surface area contributed by atoms with Crippen LogP contribution in [0, 0.1) is 11.7 Å². The first-order valence-corrected chi connectivity index (χ1v) is 8.11. The van der Waals surface area contributed by atoms with Crippen LogP contribution < -0.4 is 5.32 Å². The first-order valence-electron chi connectivity index (χ1n) is 7.73. The summed E-state index contributed by atoms with van der Waals surface area (Å²) in [5, 5.41) is 2.83. The Bertz CT molecular complexity index is 627. The Balaban J connectivity index is 2.95. The second-order valence-corrected chi connectivity index (χ2v) is 7.53. The maximum absolute atomic E-state index is 14.1. The number of hydrogen-bond donors (Lipinski definition) is 1. The van der Waals surface area contributed by atoms with Crippen molar-refractivity contribution in [3.63, 3.8) is 0 Å². The van der Waals surface area contributed by atoms with Gasteiger partial charge in [0.15, 0.2) is 0 Å². The molecule has 134 valence electrons. The first-order chi connectivity index (χ1) is 10.9. The third-order valence-electron chi connectivity index (χ3n) is 3.25. The predicted octanol–water partition coefficient (Wildman–Crippen LogP) is 3.59. The van der Waals surface area contributed by atoms with E-state index < -0.39 is 34.8 Å². The molecule has 1 aromatic rings. The number of rotatable bonds is 5. The van der Waals surface area contributed by atoms with Crippen LogP contribution in [0.4, 0.5) is 4.39 Å². The number of carbonyl (C=O) groups is 2. The summed E-state index contributed by atoms with van der Waals surface area (Å²) in [6.07, 6.45) is 1.58. The Morgan fingerprint density at radius 1 is 1.33 bits per heavy atom. The van der Waals surface area contributed by atoms with Crippen LogP contribution in [0.5, 0.6) is 0 Å². The summed E-state index contributed by atoms with van der Waals surface area (Å²) in [7, 11) is 0. The van der Waals surface area contributed by atoms with Crippen LogP contribution in [0.25, 0.3) is 0 Å². The molecule has 0 aliphatic carbocycles. The molecule has 0 radical (unpaired) electrons. The van der Waals surface area contributed by atoms with Gasteiger partial charge in [0.1, 0.15) is 23.0 Å². The summed E-state index contributed by atoms with van der Waals surface area (Å²) in [5.41, 5.74) is -1.76. The molecule has 0 fully saturated rings. The summed E-state index contributed by atoms with van der Waals surface area (Å²) in [6, 6.07) is 1.13. The van der Waals surface area contributed by atoms with Gasteiger partial charge in [0.2, 0.25) is 5.91 Å². The van der Waals surface area contributed by atoms with Gasteiger partial charge in [0, 0.05) is 6.20 Å². The molecule has 0 bridgehead atoms. The largest absolute Gasteiger partial charge is 0.459 e. The molecule has 0 saturated carbocycles. The van der Waals surface area contributed by atoms with Crippen LogP contribution in [0.1, 0.15) is 53.7 Å².